The fraction of sp³-hybridized carbons (Fsp3) is 0.0800. The van der Waals surface area contributed by atoms with Crippen LogP contribution in [-0.2, 0) is 0 Å². The van der Waals surface area contributed by atoms with E-state index in [9.17, 15) is 14.0 Å². The molecule has 0 fully saturated rings. The van der Waals surface area contributed by atoms with Crippen LogP contribution in [0.15, 0.2) is 75.9 Å². The van der Waals surface area contributed by atoms with Crippen molar-refractivity contribution < 1.29 is 13.6 Å². The van der Waals surface area contributed by atoms with Crippen LogP contribution in [-0.4, -0.2) is 10.9 Å². The Kier molecular flexibility index (Phi) is 4.03. The number of hydrogen-bond acceptors (Lipinski definition) is 5. The Morgan fingerprint density at radius 1 is 1.03 bits per heavy atom. The molecule has 0 saturated carbocycles. The van der Waals surface area contributed by atoms with E-state index in [1.54, 1.807) is 36.4 Å². The van der Waals surface area contributed by atoms with Crippen molar-refractivity contribution in [3.05, 3.63) is 105 Å². The quantitative estimate of drug-likeness (QED) is 0.357. The lowest BCUT2D eigenvalue weighted by Gasteiger charge is -2.22. The fourth-order valence-electron chi connectivity index (χ4n) is 4.20. The maximum absolute atomic E-state index is 13.7. The van der Waals surface area contributed by atoms with Crippen LogP contribution in [0.5, 0.6) is 0 Å². The van der Waals surface area contributed by atoms with Gasteiger partial charge in [0.2, 0.25) is 5.76 Å². The number of aryl methyl sites for hydroxylation is 1. The number of carbonyl (C=O) groups excluding carboxylic acids is 1. The van der Waals surface area contributed by atoms with E-state index in [0.717, 1.165) is 15.8 Å². The topological polar surface area (TPSA) is 63.4 Å². The molecule has 0 radical (unpaired) electrons. The van der Waals surface area contributed by atoms with E-state index < -0.39 is 17.8 Å². The van der Waals surface area contributed by atoms with Crippen LogP contribution in [0.2, 0.25) is 0 Å². The smallest absolute Gasteiger partial charge is 0.297 e. The molecule has 3 aromatic carbocycles. The van der Waals surface area contributed by atoms with Crippen LogP contribution in [0.1, 0.15) is 33.3 Å². The number of aromatic nitrogens is 1. The van der Waals surface area contributed by atoms with E-state index >= 15 is 0 Å². The average molecular weight is 442 g/mol. The van der Waals surface area contributed by atoms with Crippen molar-refractivity contribution in [1.82, 2.24) is 4.98 Å². The summed E-state index contributed by atoms with van der Waals surface area (Å²) in [4.78, 5) is 33.2. The highest BCUT2D eigenvalue weighted by molar-refractivity contribution is 7.22. The van der Waals surface area contributed by atoms with Crippen LogP contribution in [0, 0.1) is 12.7 Å². The number of hydrogen-bond donors (Lipinski definition) is 0. The third-order valence-electron chi connectivity index (χ3n) is 5.70. The first-order valence-corrected chi connectivity index (χ1v) is 10.8. The zero-order valence-electron chi connectivity index (χ0n) is 16.8. The number of nitrogens with zero attached hydrogens (tertiary/aromatic N) is 2. The van der Waals surface area contributed by atoms with Gasteiger partial charge in [0.15, 0.2) is 10.6 Å². The summed E-state index contributed by atoms with van der Waals surface area (Å²) in [5.41, 5.74) is 2.78. The Hall–Kier alpha value is -3.84. The van der Waals surface area contributed by atoms with Crippen LogP contribution in [0.25, 0.3) is 21.2 Å². The summed E-state index contributed by atoms with van der Waals surface area (Å²) < 4.78 is 20.5. The Bertz CT molecular complexity index is 1600. The molecule has 1 aliphatic heterocycles. The lowest BCUT2D eigenvalue weighted by atomic mass is 9.99. The molecule has 1 unspecified atom stereocenters. The zero-order chi connectivity index (χ0) is 22.0. The van der Waals surface area contributed by atoms with Gasteiger partial charge in [-0.05, 0) is 54.4 Å². The second-order valence-corrected chi connectivity index (χ2v) is 8.78. The molecular weight excluding hydrogens is 427 g/mol. The van der Waals surface area contributed by atoms with Gasteiger partial charge in [-0.25, -0.2) is 9.37 Å². The maximum atomic E-state index is 13.7. The standard InChI is InChI=1S/C25H15FN2O3S/c1-13-6-11-17-19(12-13)32-25(27-17)28-21(14-7-9-15(26)10-8-14)20-22(29)16-4-2-3-5-18(16)31-23(20)24(28)30/h2-12,21H,1H3. The summed E-state index contributed by atoms with van der Waals surface area (Å²) in [5, 5.41) is 0.854. The van der Waals surface area contributed by atoms with E-state index in [-0.39, 0.29) is 16.8 Å². The highest BCUT2D eigenvalue weighted by Gasteiger charge is 2.45. The van der Waals surface area contributed by atoms with Crippen molar-refractivity contribution in [1.29, 1.82) is 0 Å². The van der Waals surface area contributed by atoms with Crippen molar-refractivity contribution in [3.63, 3.8) is 0 Å². The Balaban J connectivity index is 1.64. The molecule has 1 amide bonds. The summed E-state index contributed by atoms with van der Waals surface area (Å²) in [5.74, 6) is -0.836. The minimum absolute atomic E-state index is 0.00142. The van der Waals surface area contributed by atoms with Crippen molar-refractivity contribution in [2.75, 3.05) is 4.90 Å². The molecule has 6 rings (SSSR count). The fourth-order valence-corrected chi connectivity index (χ4v) is 5.29. The average Bonchev–Trinajstić information content (AvgIpc) is 3.33. The van der Waals surface area contributed by atoms with Gasteiger partial charge in [-0.2, -0.15) is 0 Å². The molecule has 5 aromatic rings. The number of benzene rings is 3. The van der Waals surface area contributed by atoms with Gasteiger partial charge in [0.1, 0.15) is 11.4 Å². The van der Waals surface area contributed by atoms with E-state index in [2.05, 4.69) is 4.98 Å². The third kappa shape index (κ3) is 2.71. The molecule has 7 heteroatoms. The third-order valence-corrected chi connectivity index (χ3v) is 6.72. The van der Waals surface area contributed by atoms with Gasteiger partial charge < -0.3 is 4.42 Å². The minimum atomic E-state index is -0.763. The highest BCUT2D eigenvalue weighted by Crippen LogP contribution is 2.43. The molecule has 0 bridgehead atoms. The number of halogens is 1. The molecule has 0 aliphatic carbocycles. The molecule has 0 spiro atoms. The monoisotopic (exact) mass is 442 g/mol. The molecule has 1 atom stereocenters. The molecule has 0 saturated heterocycles. The SMILES string of the molecule is Cc1ccc2nc(N3C(=O)c4oc5ccccc5c(=O)c4C3c3ccc(F)cc3)sc2c1. The van der Waals surface area contributed by atoms with Gasteiger partial charge in [0, 0.05) is 0 Å². The van der Waals surface area contributed by atoms with Crippen molar-refractivity contribution in [3.8, 4) is 0 Å². The van der Waals surface area contributed by atoms with Crippen LogP contribution in [0.4, 0.5) is 9.52 Å². The van der Waals surface area contributed by atoms with Gasteiger partial charge in [0.05, 0.1) is 27.2 Å². The molecular formula is C25H15FN2O3S. The summed E-state index contributed by atoms with van der Waals surface area (Å²) in [6, 6.07) is 17.8. The second-order valence-electron chi connectivity index (χ2n) is 7.77. The molecule has 3 heterocycles. The Morgan fingerprint density at radius 2 is 1.81 bits per heavy atom. The molecule has 0 N–H and O–H groups in total. The predicted molar refractivity (Wildman–Crippen MR) is 122 cm³/mol. The summed E-state index contributed by atoms with van der Waals surface area (Å²) in [6.07, 6.45) is 0. The first-order chi connectivity index (χ1) is 15.5. The number of carbonyl (C=O) groups is 1. The van der Waals surface area contributed by atoms with Crippen LogP contribution >= 0.6 is 11.3 Å². The number of para-hydroxylation sites is 1. The Labute approximate surface area is 185 Å². The normalized spacial score (nSPS) is 15.6. The first kappa shape index (κ1) is 18.9. The summed E-state index contributed by atoms with van der Waals surface area (Å²) >= 11 is 1.37. The number of anilines is 1. The molecule has 1 aliphatic rings. The lowest BCUT2D eigenvalue weighted by Crippen LogP contribution is -2.29. The largest absolute Gasteiger partial charge is 0.450 e. The number of thiazole rings is 1. The second kappa shape index (κ2) is 6.83. The number of fused-ring (bicyclic) bond motifs is 3. The number of rotatable bonds is 2. The van der Waals surface area contributed by atoms with Gasteiger partial charge in [-0.15, -0.1) is 0 Å². The van der Waals surface area contributed by atoms with Crippen molar-refractivity contribution >= 4 is 43.6 Å². The first-order valence-electron chi connectivity index (χ1n) is 10.0. The Morgan fingerprint density at radius 3 is 2.62 bits per heavy atom. The van der Waals surface area contributed by atoms with Gasteiger partial charge in [-0.1, -0.05) is 41.7 Å². The lowest BCUT2D eigenvalue weighted by molar-refractivity contribution is 0.0971. The minimum Gasteiger partial charge on any atom is -0.450 e. The zero-order valence-corrected chi connectivity index (χ0v) is 17.7. The van der Waals surface area contributed by atoms with Gasteiger partial charge in [0.25, 0.3) is 5.91 Å². The van der Waals surface area contributed by atoms with Crippen molar-refractivity contribution in [2.24, 2.45) is 0 Å². The summed E-state index contributed by atoms with van der Waals surface area (Å²) in [7, 11) is 0. The van der Waals surface area contributed by atoms with Crippen LogP contribution in [0.3, 0.4) is 0 Å². The highest BCUT2D eigenvalue weighted by atomic mass is 32.1. The number of amides is 1. The van der Waals surface area contributed by atoms with E-state index in [0.29, 0.717) is 21.7 Å². The molecule has 5 nitrogen and oxygen atoms in total. The molecule has 156 valence electrons. The van der Waals surface area contributed by atoms with Crippen molar-refractivity contribution in [2.45, 2.75) is 13.0 Å². The molecule has 32 heavy (non-hydrogen) atoms. The van der Waals surface area contributed by atoms with Gasteiger partial charge in [-0.3, -0.25) is 14.5 Å². The predicted octanol–water partition coefficient (Wildman–Crippen LogP) is 5.60. The summed E-state index contributed by atoms with van der Waals surface area (Å²) in [6.45, 7) is 1.99. The van der Waals surface area contributed by atoms with Crippen LogP contribution < -0.4 is 10.3 Å². The molecule has 2 aromatic heterocycles. The maximum Gasteiger partial charge on any atom is 0.297 e. The van der Waals surface area contributed by atoms with E-state index in [4.69, 9.17) is 4.42 Å². The van der Waals surface area contributed by atoms with E-state index in [1.165, 1.54) is 28.4 Å². The van der Waals surface area contributed by atoms with E-state index in [1.807, 2.05) is 25.1 Å². The van der Waals surface area contributed by atoms with Gasteiger partial charge >= 0.3 is 0 Å².